The molecule has 1 aromatic rings. The van der Waals surface area contributed by atoms with Crippen LogP contribution in [0.15, 0.2) is 23.2 Å². The topological polar surface area (TPSA) is 38.7 Å². The van der Waals surface area contributed by atoms with Crippen LogP contribution in [0.25, 0.3) is 0 Å². The van der Waals surface area contributed by atoms with Crippen LogP contribution >= 0.6 is 0 Å². The van der Waals surface area contributed by atoms with E-state index in [1.54, 1.807) is 6.07 Å². The summed E-state index contributed by atoms with van der Waals surface area (Å²) in [5.74, 6) is 0.148. The average Bonchev–Trinajstić information content (AvgIpc) is 3.09. The number of hydrogen-bond donors (Lipinski definition) is 0. The lowest BCUT2D eigenvalue weighted by molar-refractivity contribution is 0.147. The summed E-state index contributed by atoms with van der Waals surface area (Å²) in [5, 5.41) is 0. The van der Waals surface area contributed by atoms with E-state index in [1.165, 1.54) is 25.3 Å². The van der Waals surface area contributed by atoms with E-state index in [0.717, 1.165) is 0 Å². The van der Waals surface area contributed by atoms with Gasteiger partial charge in [0.1, 0.15) is 5.75 Å². The Morgan fingerprint density at radius 3 is 2.65 bits per heavy atom. The normalized spacial score (nSPS) is 16.5. The largest absolute Gasteiger partial charge is 0.496 e. The van der Waals surface area contributed by atoms with Crippen molar-refractivity contribution in [3.63, 3.8) is 0 Å². The maximum Gasteiger partial charge on any atom is 0.267 e. The summed E-state index contributed by atoms with van der Waals surface area (Å²) >= 11 is 0. The van der Waals surface area contributed by atoms with Gasteiger partial charge in [0.15, 0.2) is 0 Å². The van der Waals surface area contributed by atoms with Crippen molar-refractivity contribution in [2.45, 2.75) is 24.8 Å². The summed E-state index contributed by atoms with van der Waals surface area (Å²) in [5.41, 5.74) is -0.174. The first-order chi connectivity index (χ1) is 8.13. The van der Waals surface area contributed by atoms with Crippen LogP contribution in [0.3, 0.4) is 0 Å². The molecule has 90 valence electrons. The standard InChI is InChI=1S/C12H11F2NO2/c1-17-10-3-2-8(6-9(10)11(13)14)12(4-5-12)15-7-16/h2-3,6,11H,4-5H2,1H3. The van der Waals surface area contributed by atoms with Crippen molar-refractivity contribution in [1.29, 1.82) is 0 Å². The molecule has 3 nitrogen and oxygen atoms in total. The van der Waals surface area contributed by atoms with Gasteiger partial charge in [-0.1, -0.05) is 6.07 Å². The highest BCUT2D eigenvalue weighted by Crippen LogP contribution is 2.50. The van der Waals surface area contributed by atoms with Gasteiger partial charge in [-0.2, -0.15) is 4.99 Å². The first kappa shape index (κ1) is 11.7. The second kappa shape index (κ2) is 4.26. The van der Waals surface area contributed by atoms with Crippen LogP contribution in [0.1, 0.15) is 30.4 Å². The zero-order valence-electron chi connectivity index (χ0n) is 9.24. The molecule has 0 bridgehead atoms. The molecule has 0 atom stereocenters. The molecule has 1 fully saturated rings. The molecular formula is C12H11F2NO2. The number of isocyanates is 1. The molecular weight excluding hydrogens is 228 g/mol. The van der Waals surface area contributed by atoms with E-state index in [1.807, 2.05) is 0 Å². The van der Waals surface area contributed by atoms with Crippen LogP contribution in [-0.2, 0) is 10.3 Å². The van der Waals surface area contributed by atoms with Gasteiger partial charge < -0.3 is 4.74 Å². The van der Waals surface area contributed by atoms with E-state index >= 15 is 0 Å². The van der Waals surface area contributed by atoms with E-state index in [4.69, 9.17) is 4.74 Å². The van der Waals surface area contributed by atoms with E-state index < -0.39 is 12.0 Å². The fourth-order valence-electron chi connectivity index (χ4n) is 1.87. The van der Waals surface area contributed by atoms with Gasteiger partial charge in [0.2, 0.25) is 6.08 Å². The predicted octanol–water partition coefficient (Wildman–Crippen LogP) is 2.96. The smallest absolute Gasteiger partial charge is 0.267 e. The Balaban J connectivity index is 2.44. The first-order valence-electron chi connectivity index (χ1n) is 5.18. The maximum absolute atomic E-state index is 12.8. The van der Waals surface area contributed by atoms with Crippen LogP contribution < -0.4 is 4.74 Å². The molecule has 0 aliphatic heterocycles. The molecule has 0 aromatic heterocycles. The van der Waals surface area contributed by atoms with Gasteiger partial charge in [-0.3, -0.25) is 0 Å². The summed E-state index contributed by atoms with van der Waals surface area (Å²) in [7, 11) is 1.34. The van der Waals surface area contributed by atoms with Crippen molar-refractivity contribution in [3.8, 4) is 5.75 Å². The molecule has 0 saturated heterocycles. The number of alkyl halides is 2. The minimum atomic E-state index is -2.61. The molecule has 5 heteroatoms. The summed E-state index contributed by atoms with van der Waals surface area (Å²) in [6.45, 7) is 0. The molecule has 1 saturated carbocycles. The third-order valence-corrected chi connectivity index (χ3v) is 2.99. The molecule has 1 aromatic carbocycles. The van der Waals surface area contributed by atoms with Crippen LogP contribution in [-0.4, -0.2) is 13.2 Å². The van der Waals surface area contributed by atoms with Crippen molar-refractivity contribution in [1.82, 2.24) is 0 Å². The lowest BCUT2D eigenvalue weighted by Crippen LogP contribution is -2.04. The highest BCUT2D eigenvalue weighted by atomic mass is 19.3. The number of rotatable bonds is 4. The Hall–Kier alpha value is -1.74. The van der Waals surface area contributed by atoms with Crippen molar-refractivity contribution in [2.24, 2.45) is 4.99 Å². The molecule has 0 radical (unpaired) electrons. The molecule has 0 amide bonds. The van der Waals surface area contributed by atoms with Crippen LogP contribution in [0.2, 0.25) is 0 Å². The van der Waals surface area contributed by atoms with Gasteiger partial charge in [0.05, 0.1) is 18.2 Å². The van der Waals surface area contributed by atoms with E-state index in [-0.39, 0.29) is 11.3 Å². The van der Waals surface area contributed by atoms with Gasteiger partial charge in [-0.25, -0.2) is 13.6 Å². The summed E-state index contributed by atoms with van der Waals surface area (Å²) < 4.78 is 30.5. The second-order valence-electron chi connectivity index (χ2n) is 3.99. The van der Waals surface area contributed by atoms with Crippen molar-refractivity contribution < 1.29 is 18.3 Å². The number of carbonyl (C=O) groups excluding carboxylic acids is 1. The lowest BCUT2D eigenvalue weighted by Gasteiger charge is -2.13. The Morgan fingerprint density at radius 2 is 2.18 bits per heavy atom. The first-order valence-corrected chi connectivity index (χ1v) is 5.18. The third kappa shape index (κ3) is 2.06. The van der Waals surface area contributed by atoms with Crippen molar-refractivity contribution in [3.05, 3.63) is 29.3 Å². The molecule has 0 N–H and O–H groups in total. The maximum atomic E-state index is 12.8. The Labute approximate surface area is 97.1 Å². The lowest BCUT2D eigenvalue weighted by atomic mass is 10.0. The highest BCUT2D eigenvalue weighted by molar-refractivity contribution is 5.46. The number of halogens is 2. The molecule has 0 spiro atoms. The zero-order valence-corrected chi connectivity index (χ0v) is 9.24. The molecule has 2 rings (SSSR count). The second-order valence-corrected chi connectivity index (χ2v) is 3.99. The summed E-state index contributed by atoms with van der Waals surface area (Å²) in [6, 6.07) is 4.51. The number of nitrogens with zero attached hydrogens (tertiary/aromatic N) is 1. The van der Waals surface area contributed by atoms with Crippen LogP contribution in [0.4, 0.5) is 8.78 Å². The molecule has 1 aliphatic rings. The highest BCUT2D eigenvalue weighted by Gasteiger charge is 2.45. The number of hydrogen-bond acceptors (Lipinski definition) is 3. The Bertz CT molecular complexity index is 477. The van der Waals surface area contributed by atoms with E-state index in [9.17, 15) is 13.6 Å². The predicted molar refractivity (Wildman–Crippen MR) is 57.0 cm³/mol. The van der Waals surface area contributed by atoms with E-state index in [0.29, 0.717) is 18.4 Å². The zero-order chi connectivity index (χ0) is 12.5. The molecule has 1 aliphatic carbocycles. The van der Waals surface area contributed by atoms with E-state index in [2.05, 4.69) is 4.99 Å². The summed E-state index contributed by atoms with van der Waals surface area (Å²) in [4.78, 5) is 14.0. The third-order valence-electron chi connectivity index (χ3n) is 2.99. The molecule has 0 unspecified atom stereocenters. The van der Waals surface area contributed by atoms with Crippen molar-refractivity contribution in [2.75, 3.05) is 7.11 Å². The summed E-state index contributed by atoms with van der Waals surface area (Å²) in [6.07, 6.45) is 0.276. The minimum absolute atomic E-state index is 0.148. The Kier molecular flexibility index (Phi) is 2.94. The monoisotopic (exact) mass is 239 g/mol. The molecule has 17 heavy (non-hydrogen) atoms. The van der Waals surface area contributed by atoms with Gasteiger partial charge in [-0.05, 0) is 30.5 Å². The number of ether oxygens (including phenoxy) is 1. The van der Waals surface area contributed by atoms with Gasteiger partial charge >= 0.3 is 0 Å². The minimum Gasteiger partial charge on any atom is -0.496 e. The Morgan fingerprint density at radius 1 is 1.47 bits per heavy atom. The number of benzene rings is 1. The quantitative estimate of drug-likeness (QED) is 0.598. The van der Waals surface area contributed by atoms with Gasteiger partial charge in [0, 0.05) is 0 Å². The number of aliphatic imine (C=N–C) groups is 1. The van der Waals surface area contributed by atoms with Gasteiger partial charge in [-0.15, -0.1) is 0 Å². The van der Waals surface area contributed by atoms with Gasteiger partial charge in [0.25, 0.3) is 6.43 Å². The molecule has 0 heterocycles. The fourth-order valence-corrected chi connectivity index (χ4v) is 1.87. The van der Waals surface area contributed by atoms with Crippen molar-refractivity contribution >= 4 is 6.08 Å². The fraction of sp³-hybridized carbons (Fsp3) is 0.417. The number of methoxy groups -OCH3 is 1. The SMILES string of the molecule is COc1ccc(C2(N=C=O)CC2)cc1C(F)F. The van der Waals surface area contributed by atoms with Crippen LogP contribution in [0, 0.1) is 0 Å². The van der Waals surface area contributed by atoms with Crippen LogP contribution in [0.5, 0.6) is 5.75 Å². The average molecular weight is 239 g/mol.